The molecule has 4 aromatic rings. The number of carbonyl (C=O) groups excluding carboxylic acids is 3. The van der Waals surface area contributed by atoms with Crippen LogP contribution in [-0.2, 0) is 61.3 Å². The molecule has 3 amide bonds. The number of phosphoric acid groups is 3. The third kappa shape index (κ3) is 14.6. The zero-order valence-corrected chi connectivity index (χ0v) is 46.5. The van der Waals surface area contributed by atoms with Gasteiger partial charge in [0.05, 0.1) is 24.0 Å². The fourth-order valence-corrected chi connectivity index (χ4v) is 13.1. The predicted octanol–water partition coefficient (Wildman–Crippen LogP) is 1.43. The van der Waals surface area contributed by atoms with Crippen molar-refractivity contribution in [3.63, 3.8) is 0 Å². The molecule has 1 aliphatic carbocycles. The first-order chi connectivity index (χ1) is 37.8. The van der Waals surface area contributed by atoms with Crippen LogP contribution in [0.5, 0.6) is 0 Å². The number of phosphoric ester groups is 1. The van der Waals surface area contributed by atoms with Crippen LogP contribution >= 0.6 is 23.5 Å². The Balaban J connectivity index is 1.02. The molecule has 81 heavy (non-hydrogen) atoms. The van der Waals surface area contributed by atoms with Gasteiger partial charge in [-0.05, 0) is 56.2 Å². The quantitative estimate of drug-likeness (QED) is 0.0187. The van der Waals surface area contributed by atoms with Crippen molar-refractivity contribution in [2.75, 3.05) is 57.4 Å². The van der Waals surface area contributed by atoms with Crippen LogP contribution < -0.4 is 32.6 Å². The van der Waals surface area contributed by atoms with E-state index in [-0.39, 0.29) is 101 Å². The smallest absolute Gasteiger partial charge is 0.453 e. The molecule has 1 saturated heterocycles. The lowest BCUT2D eigenvalue weighted by Gasteiger charge is -2.23. The van der Waals surface area contributed by atoms with Gasteiger partial charge in [0.15, 0.2) is 44.6 Å². The van der Waals surface area contributed by atoms with E-state index < -0.39 is 119 Å². The van der Waals surface area contributed by atoms with Gasteiger partial charge in [-0.25, -0.2) is 23.5 Å². The van der Waals surface area contributed by atoms with Crippen molar-refractivity contribution in [1.29, 1.82) is 0 Å². The standard InChI is InChI=1S/C42H51N10O24P3S2/c1-4-44-25-14-12-23-29(24-13-15-26(45-5-2)36(81(68,69)70)33(24)73-32(23)35(25)80(65,66)67)21-9-6-7-10-22(21)39(56)51(3)18-8-11-28(53)46-16-17-47-42(57)74-34-27(19-71-78(61,62)76-79(63,64)75-77(58,59)60)72-40(31(34)54)52-20-48-30-37(52)49-41(43)50-38(30)55/h6-7,9-10,12-15,20,27,31,34,40,44,54H,4-5,8,11,16-19H2,1-3H3,(H,46,53)(H,47,57)(H,61,62)(H,63,64)(H2,58,59,60)(H,65,66,67)(H,68,69,70)(H3,43,49,50,55)/t27-,31-,34-,40-/m1/s1. The summed E-state index contributed by atoms with van der Waals surface area (Å²) in [6, 6.07) is 11.6. The second-order valence-electron chi connectivity index (χ2n) is 17.3. The van der Waals surface area contributed by atoms with Gasteiger partial charge in [-0.3, -0.25) is 42.6 Å². The Bertz CT molecular complexity index is 3910. The summed E-state index contributed by atoms with van der Waals surface area (Å²) >= 11 is 0. The molecule has 34 nitrogen and oxygen atoms in total. The van der Waals surface area contributed by atoms with Crippen LogP contribution in [0.2, 0.25) is 0 Å². The van der Waals surface area contributed by atoms with E-state index in [1.54, 1.807) is 19.9 Å². The number of nitrogen functional groups attached to an aromatic ring is 1. The normalized spacial score (nSPS) is 18.6. The number of H-pyrrole nitrogens is 1. The van der Waals surface area contributed by atoms with Crippen LogP contribution in [0.15, 0.2) is 78.9 Å². The number of nitrogens with zero attached hydrogens (tertiary/aromatic N) is 5. The number of ether oxygens (including phenoxy) is 2. The number of aromatic amines is 1. The summed E-state index contributed by atoms with van der Waals surface area (Å²) in [6.07, 6.45) is -7.65. The van der Waals surface area contributed by atoms with Gasteiger partial charge in [-0.1, -0.05) is 18.2 Å². The molecular weight excluding hydrogens is 1190 g/mol. The fraction of sp³-hybridized carbons (Fsp3) is 0.357. The minimum Gasteiger partial charge on any atom is -0.453 e. The number of fused-ring (bicyclic) bond motifs is 3. The van der Waals surface area contributed by atoms with Crippen LogP contribution in [0.4, 0.5) is 16.4 Å². The van der Waals surface area contributed by atoms with Crippen molar-refractivity contribution >= 4 is 95.4 Å². The first-order valence-electron chi connectivity index (χ1n) is 23.5. The van der Waals surface area contributed by atoms with Crippen molar-refractivity contribution in [3.05, 3.63) is 76.1 Å². The highest BCUT2D eigenvalue weighted by atomic mass is 32.2. The van der Waals surface area contributed by atoms with Crippen LogP contribution in [0.25, 0.3) is 44.6 Å². The molecule has 2 unspecified atom stereocenters. The first kappa shape index (κ1) is 62.0. The number of nitrogens with two attached hydrogens (primary N) is 1. The monoisotopic (exact) mass is 1240 g/mol. The van der Waals surface area contributed by atoms with E-state index >= 15 is 0 Å². The first-order valence-corrected chi connectivity index (χ1v) is 30.9. The number of aliphatic hydroxyl groups excluding tert-OH is 1. The van der Waals surface area contributed by atoms with Gasteiger partial charge in [0.25, 0.3) is 31.7 Å². The molecule has 0 saturated carbocycles. The van der Waals surface area contributed by atoms with E-state index in [9.17, 15) is 73.7 Å². The Morgan fingerprint density at radius 3 is 2.28 bits per heavy atom. The molecule has 7 rings (SSSR count). The molecule has 4 heterocycles. The number of carbonyl (C=O) groups is 3. The minimum atomic E-state index is -5.97. The molecular formula is C42H51N10O24P3S2. The molecule has 0 bridgehead atoms. The van der Waals surface area contributed by atoms with Crippen molar-refractivity contribution in [2.24, 2.45) is 4.99 Å². The van der Waals surface area contributed by atoms with Crippen LogP contribution in [0.1, 0.15) is 43.3 Å². The summed E-state index contributed by atoms with van der Waals surface area (Å²) in [5.74, 6) is -2.09. The Labute approximate surface area is 456 Å². The summed E-state index contributed by atoms with van der Waals surface area (Å²) in [6.45, 7) is 1.70. The molecule has 2 aliphatic heterocycles. The number of anilines is 2. The van der Waals surface area contributed by atoms with Gasteiger partial charge in [-0.15, -0.1) is 0 Å². The molecule has 6 atom stereocenters. The Morgan fingerprint density at radius 2 is 1.62 bits per heavy atom. The van der Waals surface area contributed by atoms with Crippen molar-refractivity contribution in [1.82, 2.24) is 35.1 Å². The van der Waals surface area contributed by atoms with Crippen LogP contribution in [0, 0.1) is 0 Å². The number of imidazole rings is 1. The van der Waals surface area contributed by atoms with Crippen molar-refractivity contribution in [3.8, 4) is 22.5 Å². The lowest BCUT2D eigenvalue weighted by atomic mass is 9.90. The summed E-state index contributed by atoms with van der Waals surface area (Å²) in [4.78, 5) is 104. The number of benzene rings is 3. The second kappa shape index (κ2) is 24.5. The van der Waals surface area contributed by atoms with Gasteiger partial charge in [-0.2, -0.15) is 30.4 Å². The molecule has 2 aromatic heterocycles. The van der Waals surface area contributed by atoms with Crippen LogP contribution in [-0.4, -0.2) is 158 Å². The number of amides is 3. The molecule has 39 heteroatoms. The Hall–Kier alpha value is -6.56. The molecule has 440 valence electrons. The third-order valence-corrected chi connectivity index (χ3v) is 17.3. The molecule has 0 spiro atoms. The van der Waals surface area contributed by atoms with Gasteiger partial charge in [0.2, 0.25) is 11.9 Å². The molecule has 1 fully saturated rings. The van der Waals surface area contributed by atoms with Gasteiger partial charge >= 0.3 is 29.6 Å². The predicted molar refractivity (Wildman–Crippen MR) is 278 cm³/mol. The fourth-order valence-electron chi connectivity index (χ4n) is 8.50. The maximum Gasteiger partial charge on any atom is 0.490 e. The van der Waals surface area contributed by atoms with Crippen molar-refractivity contribution < 1.29 is 106 Å². The maximum atomic E-state index is 14.3. The Kier molecular flexibility index (Phi) is 18.8. The number of aliphatic hydroxyl groups is 1. The second-order valence-corrected chi connectivity index (χ2v) is 24.4. The molecule has 0 radical (unpaired) electrons. The largest absolute Gasteiger partial charge is 0.490 e. The molecule has 2 aromatic carbocycles. The average Bonchev–Trinajstić information content (AvgIpc) is 3.87. The average molecular weight is 1240 g/mol. The molecule has 13 N–H and O–H groups in total. The van der Waals surface area contributed by atoms with Crippen LogP contribution in [0.3, 0.4) is 0 Å². The van der Waals surface area contributed by atoms with E-state index in [4.69, 9.17) is 29.4 Å². The number of hydrogen-bond acceptors (Lipinski definition) is 23. The van der Waals surface area contributed by atoms with Gasteiger partial charge in [0.1, 0.15) is 12.2 Å². The number of hydrogen-bond donors (Lipinski definition) is 12. The minimum absolute atomic E-state index is 0.00361. The number of aromatic nitrogens is 4. The van der Waals surface area contributed by atoms with Gasteiger partial charge < -0.3 is 65.2 Å². The zero-order chi connectivity index (χ0) is 59.6. The number of rotatable bonds is 23. The maximum absolute atomic E-state index is 14.3. The highest BCUT2D eigenvalue weighted by molar-refractivity contribution is 7.86. The third-order valence-electron chi connectivity index (χ3n) is 11.6. The summed E-state index contributed by atoms with van der Waals surface area (Å²) in [5.41, 5.74) is 3.93. The number of alkyl carbamates (subject to hydrolysis) is 1. The SMILES string of the molecule is CCN=c1ccc2c(-c3ccccc3C(=O)N(C)CCCC(=O)NCCNC(=O)O[C@H]3[C@@H](O)[C@H](n4cnc5c(=O)[nH]c(N)nc54)O[C@@H]3COP(=O)(O)OP(=O)(O)OP(=O)(O)O)c3ccc(NCC)c(S(=O)(=O)O)c3oc-2c1S(=O)(=O)O. The summed E-state index contributed by atoms with van der Waals surface area (Å²) < 4.78 is 139. The van der Waals surface area contributed by atoms with E-state index in [1.165, 1.54) is 54.4 Å². The topological polar surface area (TPSA) is 513 Å². The summed E-state index contributed by atoms with van der Waals surface area (Å²) in [7, 11) is -26.3. The lowest BCUT2D eigenvalue weighted by molar-refractivity contribution is -0.121. The number of nitrogens with one attached hydrogen (secondary N) is 4. The van der Waals surface area contributed by atoms with Gasteiger partial charge in [0, 0.05) is 68.3 Å². The Morgan fingerprint density at radius 1 is 0.926 bits per heavy atom. The van der Waals surface area contributed by atoms with E-state index in [2.05, 4.69) is 49.0 Å². The van der Waals surface area contributed by atoms with E-state index in [1.807, 2.05) is 0 Å². The lowest BCUT2D eigenvalue weighted by Crippen LogP contribution is -2.42. The highest BCUT2D eigenvalue weighted by Gasteiger charge is 2.50. The van der Waals surface area contributed by atoms with E-state index in [0.717, 1.165) is 10.9 Å². The van der Waals surface area contributed by atoms with Crippen molar-refractivity contribution in [2.45, 2.75) is 61.0 Å². The molecule has 3 aliphatic rings. The summed E-state index contributed by atoms with van der Waals surface area (Å²) in [5, 5.41) is 18.8. The zero-order valence-electron chi connectivity index (χ0n) is 42.2. The van der Waals surface area contributed by atoms with E-state index in [0.29, 0.717) is 0 Å². The highest BCUT2D eigenvalue weighted by Crippen LogP contribution is 2.66.